The minimum Gasteiger partial charge on any atom is -0.302 e. The summed E-state index contributed by atoms with van der Waals surface area (Å²) in [5, 5.41) is 0.837. The van der Waals surface area contributed by atoms with Crippen molar-refractivity contribution in [2.75, 3.05) is 19.8 Å². The first kappa shape index (κ1) is 12.9. The monoisotopic (exact) mass is 250 g/mol. The summed E-state index contributed by atoms with van der Waals surface area (Å²) in [5.41, 5.74) is 1.21. The fourth-order valence-electron chi connectivity index (χ4n) is 2.69. The Hall–Kier alpha value is -0.540. The maximum atomic E-state index is 4.38. The highest BCUT2D eigenvalue weighted by Crippen LogP contribution is 2.31. The highest BCUT2D eigenvalue weighted by Gasteiger charge is 2.29. The predicted molar refractivity (Wildman–Crippen MR) is 75.5 cm³/mol. The molecule has 2 atom stereocenters. The van der Waals surface area contributed by atoms with E-state index in [-0.39, 0.29) is 0 Å². The molecule has 94 valence electrons. The van der Waals surface area contributed by atoms with Crippen molar-refractivity contribution in [3.63, 3.8) is 0 Å². The lowest BCUT2D eigenvalue weighted by Gasteiger charge is -2.28. The number of thioether (sulfide) groups is 1. The lowest BCUT2D eigenvalue weighted by molar-refractivity contribution is 0.252. The molecule has 17 heavy (non-hydrogen) atoms. The van der Waals surface area contributed by atoms with Crippen LogP contribution < -0.4 is 0 Å². The molecule has 0 bridgehead atoms. The third-order valence-electron chi connectivity index (χ3n) is 3.73. The SMILES string of the molecule is CS[C@H]1CCC[C@@H]1N(C)CCc1ccccn1. The second-order valence-corrected chi connectivity index (χ2v) is 5.90. The number of aromatic nitrogens is 1. The smallest absolute Gasteiger partial charge is 0.0416 e. The maximum absolute atomic E-state index is 4.38. The number of hydrogen-bond acceptors (Lipinski definition) is 3. The van der Waals surface area contributed by atoms with Gasteiger partial charge in [-0.05, 0) is 38.3 Å². The van der Waals surface area contributed by atoms with Crippen LogP contribution in [0.15, 0.2) is 24.4 Å². The van der Waals surface area contributed by atoms with Crippen LogP contribution in [0, 0.1) is 0 Å². The second kappa shape index (κ2) is 6.41. The molecule has 1 heterocycles. The molecule has 1 aromatic heterocycles. The molecule has 1 saturated carbocycles. The van der Waals surface area contributed by atoms with E-state index in [1.807, 2.05) is 24.0 Å². The van der Waals surface area contributed by atoms with Crippen LogP contribution in [0.2, 0.25) is 0 Å². The van der Waals surface area contributed by atoms with Gasteiger partial charge in [-0.1, -0.05) is 12.5 Å². The Balaban J connectivity index is 1.83. The minimum absolute atomic E-state index is 0.772. The zero-order valence-electron chi connectivity index (χ0n) is 10.8. The van der Waals surface area contributed by atoms with Gasteiger partial charge in [0.15, 0.2) is 0 Å². The van der Waals surface area contributed by atoms with E-state index in [0.29, 0.717) is 0 Å². The van der Waals surface area contributed by atoms with Gasteiger partial charge in [-0.2, -0.15) is 11.8 Å². The average molecular weight is 250 g/mol. The van der Waals surface area contributed by atoms with Crippen molar-refractivity contribution >= 4 is 11.8 Å². The molecular weight excluding hydrogens is 228 g/mol. The summed E-state index contributed by atoms with van der Waals surface area (Å²) in [6, 6.07) is 6.94. The minimum atomic E-state index is 0.772. The first-order valence-corrected chi connectivity index (χ1v) is 7.73. The number of nitrogens with zero attached hydrogens (tertiary/aromatic N) is 2. The van der Waals surface area contributed by atoms with E-state index in [4.69, 9.17) is 0 Å². The van der Waals surface area contributed by atoms with Gasteiger partial charge in [-0.3, -0.25) is 4.98 Å². The van der Waals surface area contributed by atoms with Gasteiger partial charge in [0.05, 0.1) is 0 Å². The molecule has 2 nitrogen and oxygen atoms in total. The third kappa shape index (κ3) is 3.46. The summed E-state index contributed by atoms with van der Waals surface area (Å²) < 4.78 is 0. The van der Waals surface area contributed by atoms with E-state index in [2.05, 4.69) is 35.3 Å². The van der Waals surface area contributed by atoms with Crippen molar-refractivity contribution in [2.24, 2.45) is 0 Å². The fraction of sp³-hybridized carbons (Fsp3) is 0.643. The Bertz CT molecular complexity index is 328. The molecule has 2 rings (SSSR count). The zero-order chi connectivity index (χ0) is 12.1. The molecule has 0 unspecified atom stereocenters. The van der Waals surface area contributed by atoms with Crippen molar-refractivity contribution in [2.45, 2.75) is 37.0 Å². The number of rotatable bonds is 5. The van der Waals surface area contributed by atoms with E-state index in [9.17, 15) is 0 Å². The number of likely N-dealkylation sites (N-methyl/N-ethyl adjacent to an activating group) is 1. The van der Waals surface area contributed by atoms with Gasteiger partial charge in [0, 0.05) is 36.1 Å². The molecule has 1 aliphatic carbocycles. The summed E-state index contributed by atoms with van der Waals surface area (Å²) >= 11 is 2.03. The molecule has 3 heteroatoms. The summed E-state index contributed by atoms with van der Waals surface area (Å²) in [7, 11) is 2.27. The van der Waals surface area contributed by atoms with Gasteiger partial charge >= 0.3 is 0 Å². The summed E-state index contributed by atoms with van der Waals surface area (Å²) in [6.07, 6.45) is 9.34. The summed E-state index contributed by atoms with van der Waals surface area (Å²) in [6.45, 7) is 1.12. The molecule has 1 aliphatic rings. The van der Waals surface area contributed by atoms with E-state index < -0.39 is 0 Å². The molecule has 0 saturated heterocycles. The molecule has 0 aliphatic heterocycles. The second-order valence-electron chi connectivity index (χ2n) is 4.82. The van der Waals surface area contributed by atoms with Crippen molar-refractivity contribution < 1.29 is 0 Å². The van der Waals surface area contributed by atoms with Crippen LogP contribution in [0.25, 0.3) is 0 Å². The highest BCUT2D eigenvalue weighted by atomic mass is 32.2. The Morgan fingerprint density at radius 1 is 1.41 bits per heavy atom. The van der Waals surface area contributed by atoms with Gasteiger partial charge in [-0.25, -0.2) is 0 Å². The molecule has 0 N–H and O–H groups in total. The summed E-state index contributed by atoms with van der Waals surface area (Å²) in [4.78, 5) is 6.92. The Kier molecular flexibility index (Phi) is 4.86. The van der Waals surface area contributed by atoms with Gasteiger partial charge in [0.1, 0.15) is 0 Å². The molecule has 0 radical (unpaired) electrons. The molecule has 0 amide bonds. The molecule has 0 spiro atoms. The zero-order valence-corrected chi connectivity index (χ0v) is 11.6. The quantitative estimate of drug-likeness (QED) is 0.799. The van der Waals surface area contributed by atoms with Gasteiger partial charge in [-0.15, -0.1) is 0 Å². The van der Waals surface area contributed by atoms with Crippen LogP contribution in [-0.2, 0) is 6.42 Å². The lowest BCUT2D eigenvalue weighted by atomic mass is 10.2. The van der Waals surface area contributed by atoms with Crippen LogP contribution in [0.5, 0.6) is 0 Å². The fourth-order valence-corrected chi connectivity index (χ4v) is 3.75. The highest BCUT2D eigenvalue weighted by molar-refractivity contribution is 7.99. The van der Waals surface area contributed by atoms with E-state index in [1.165, 1.54) is 25.0 Å². The first-order valence-electron chi connectivity index (χ1n) is 6.44. The molecule has 1 aromatic rings. The van der Waals surface area contributed by atoms with Crippen LogP contribution in [0.1, 0.15) is 25.0 Å². The van der Waals surface area contributed by atoms with Crippen molar-refractivity contribution in [3.8, 4) is 0 Å². The Labute approximate surface area is 109 Å². The number of hydrogen-bond donors (Lipinski definition) is 0. The third-order valence-corrected chi connectivity index (χ3v) is 4.89. The van der Waals surface area contributed by atoms with Crippen molar-refractivity contribution in [1.82, 2.24) is 9.88 Å². The van der Waals surface area contributed by atoms with E-state index in [1.54, 1.807) is 0 Å². The molecule has 1 fully saturated rings. The van der Waals surface area contributed by atoms with Crippen LogP contribution in [-0.4, -0.2) is 41.0 Å². The van der Waals surface area contributed by atoms with Crippen LogP contribution >= 0.6 is 11.8 Å². The largest absolute Gasteiger partial charge is 0.302 e. The Morgan fingerprint density at radius 3 is 3.00 bits per heavy atom. The van der Waals surface area contributed by atoms with Crippen molar-refractivity contribution in [1.29, 1.82) is 0 Å². The van der Waals surface area contributed by atoms with Gasteiger partial charge in [0.2, 0.25) is 0 Å². The molecular formula is C14H22N2S. The normalized spacial score (nSPS) is 24.4. The van der Waals surface area contributed by atoms with Crippen LogP contribution in [0.4, 0.5) is 0 Å². The van der Waals surface area contributed by atoms with Crippen molar-refractivity contribution in [3.05, 3.63) is 30.1 Å². The standard InChI is InChI=1S/C14H22N2S/c1-16(13-7-5-8-14(13)17-2)11-9-12-6-3-4-10-15-12/h3-4,6,10,13-14H,5,7-9,11H2,1-2H3/t13-,14-/m0/s1. The first-order chi connectivity index (χ1) is 8.31. The predicted octanol–water partition coefficient (Wildman–Crippen LogP) is 2.84. The van der Waals surface area contributed by atoms with Gasteiger partial charge < -0.3 is 4.90 Å². The van der Waals surface area contributed by atoms with E-state index in [0.717, 1.165) is 24.3 Å². The van der Waals surface area contributed by atoms with Crippen LogP contribution in [0.3, 0.4) is 0 Å². The maximum Gasteiger partial charge on any atom is 0.0416 e. The topological polar surface area (TPSA) is 16.1 Å². The Morgan fingerprint density at radius 2 is 2.29 bits per heavy atom. The van der Waals surface area contributed by atoms with Gasteiger partial charge in [0.25, 0.3) is 0 Å². The molecule has 0 aromatic carbocycles. The number of pyridine rings is 1. The summed E-state index contributed by atoms with van der Waals surface area (Å²) in [5.74, 6) is 0. The average Bonchev–Trinajstić information content (AvgIpc) is 2.85. The van der Waals surface area contributed by atoms with E-state index >= 15 is 0 Å². The lowest BCUT2D eigenvalue weighted by Crippen LogP contribution is -2.37.